The van der Waals surface area contributed by atoms with E-state index in [2.05, 4.69) is 4.18 Å². The molecule has 0 bridgehead atoms. The number of halogens is 2. The minimum Gasteiger partial charge on any atom is -0.444 e. The largest absolute Gasteiger partial charge is 0.444 e. The van der Waals surface area contributed by atoms with Crippen LogP contribution in [0.5, 0.6) is 0 Å². The van der Waals surface area contributed by atoms with Gasteiger partial charge in [-0.1, -0.05) is 0 Å². The summed E-state index contributed by atoms with van der Waals surface area (Å²) in [4.78, 5) is 13.0. The summed E-state index contributed by atoms with van der Waals surface area (Å²) in [7, 11) is -3.81. The molecule has 0 aliphatic carbocycles. The molecule has 9 heteroatoms. The minimum absolute atomic E-state index is 0.142. The lowest BCUT2D eigenvalue weighted by atomic mass is 9.94. The van der Waals surface area contributed by atoms with Gasteiger partial charge in [-0.3, -0.25) is 4.18 Å². The summed E-state index contributed by atoms with van der Waals surface area (Å²) in [5.41, 5.74) is -0.726. The van der Waals surface area contributed by atoms with Gasteiger partial charge in [0, 0.05) is 19.5 Å². The Morgan fingerprint density at radius 2 is 1.95 bits per heavy atom. The van der Waals surface area contributed by atoms with Crippen LogP contribution in [0.2, 0.25) is 0 Å². The summed E-state index contributed by atoms with van der Waals surface area (Å²) in [6, 6.07) is 0. The van der Waals surface area contributed by atoms with Gasteiger partial charge in [-0.2, -0.15) is 8.42 Å². The molecule has 0 spiro atoms. The maximum atomic E-state index is 13.8. The topological polar surface area (TPSA) is 72.9 Å². The van der Waals surface area contributed by atoms with Crippen LogP contribution in [0, 0.1) is 5.92 Å². The van der Waals surface area contributed by atoms with E-state index >= 15 is 0 Å². The van der Waals surface area contributed by atoms with Crippen molar-refractivity contribution in [3.8, 4) is 0 Å². The van der Waals surface area contributed by atoms with E-state index in [1.165, 1.54) is 0 Å². The van der Waals surface area contributed by atoms with Crippen molar-refractivity contribution in [2.75, 3.05) is 26.0 Å². The molecule has 124 valence electrons. The molecule has 6 nitrogen and oxygen atoms in total. The number of hydrogen-bond acceptors (Lipinski definition) is 5. The summed E-state index contributed by atoms with van der Waals surface area (Å²) in [6.45, 7) is 3.91. The van der Waals surface area contributed by atoms with Crippen LogP contribution in [0.15, 0.2) is 0 Å². The number of piperidine rings is 1. The minimum atomic E-state index is -3.81. The van der Waals surface area contributed by atoms with Gasteiger partial charge in [0.15, 0.2) is 0 Å². The second kappa shape index (κ2) is 6.04. The molecule has 1 fully saturated rings. The van der Waals surface area contributed by atoms with Crippen molar-refractivity contribution in [1.29, 1.82) is 0 Å². The Morgan fingerprint density at radius 3 is 2.43 bits per heavy atom. The van der Waals surface area contributed by atoms with Crippen LogP contribution in [-0.2, 0) is 19.0 Å². The number of rotatable bonds is 3. The second-order valence-corrected chi connectivity index (χ2v) is 7.77. The SMILES string of the molecule is CC(C)(C)OC(=O)N1CCC(F)(F)C(COS(C)(=O)=O)C1. The lowest BCUT2D eigenvalue weighted by molar-refractivity contribution is -0.115. The van der Waals surface area contributed by atoms with Crippen molar-refractivity contribution in [3.63, 3.8) is 0 Å². The smallest absolute Gasteiger partial charge is 0.410 e. The van der Waals surface area contributed by atoms with Crippen molar-refractivity contribution in [3.05, 3.63) is 0 Å². The van der Waals surface area contributed by atoms with E-state index in [4.69, 9.17) is 4.74 Å². The number of amides is 1. The molecule has 0 aromatic carbocycles. The molecule has 1 unspecified atom stereocenters. The molecule has 21 heavy (non-hydrogen) atoms. The first-order valence-electron chi connectivity index (χ1n) is 6.50. The Hall–Kier alpha value is -0.960. The van der Waals surface area contributed by atoms with E-state index in [-0.39, 0.29) is 13.1 Å². The molecule has 1 aliphatic rings. The van der Waals surface area contributed by atoms with Crippen LogP contribution in [-0.4, -0.2) is 56.9 Å². The van der Waals surface area contributed by atoms with Gasteiger partial charge in [0.2, 0.25) is 0 Å². The summed E-state index contributed by atoms with van der Waals surface area (Å²) < 4.78 is 58.9. The number of hydrogen-bond donors (Lipinski definition) is 0. The third kappa shape index (κ3) is 6.13. The fourth-order valence-corrected chi connectivity index (χ4v) is 2.26. The number of ether oxygens (including phenoxy) is 1. The highest BCUT2D eigenvalue weighted by Crippen LogP contribution is 2.34. The van der Waals surface area contributed by atoms with E-state index in [0.717, 1.165) is 11.2 Å². The predicted molar refractivity (Wildman–Crippen MR) is 71.7 cm³/mol. The molecule has 0 radical (unpaired) electrons. The Labute approximate surface area is 123 Å². The molecule has 1 aliphatic heterocycles. The zero-order valence-electron chi connectivity index (χ0n) is 12.6. The number of carbonyl (C=O) groups is 1. The number of carbonyl (C=O) groups excluding carboxylic acids is 1. The number of likely N-dealkylation sites (tertiary alicyclic amines) is 1. The Balaban J connectivity index is 2.71. The highest BCUT2D eigenvalue weighted by Gasteiger charge is 2.46. The first-order chi connectivity index (χ1) is 9.30. The lowest BCUT2D eigenvalue weighted by Crippen LogP contribution is -2.52. The van der Waals surface area contributed by atoms with Crippen LogP contribution in [0.1, 0.15) is 27.2 Å². The normalized spacial score (nSPS) is 23.0. The van der Waals surface area contributed by atoms with Gasteiger partial charge < -0.3 is 9.64 Å². The quantitative estimate of drug-likeness (QED) is 0.739. The highest BCUT2D eigenvalue weighted by molar-refractivity contribution is 7.85. The molecule has 0 saturated carbocycles. The van der Waals surface area contributed by atoms with Crippen molar-refractivity contribution >= 4 is 16.2 Å². The molecule has 1 amide bonds. The Morgan fingerprint density at radius 1 is 1.38 bits per heavy atom. The molecule has 1 rings (SSSR count). The average Bonchev–Trinajstić information content (AvgIpc) is 2.23. The molecule has 1 atom stereocenters. The molecule has 1 saturated heterocycles. The van der Waals surface area contributed by atoms with Crippen LogP contribution >= 0.6 is 0 Å². The maximum Gasteiger partial charge on any atom is 0.410 e. The van der Waals surface area contributed by atoms with Crippen molar-refractivity contribution in [2.24, 2.45) is 5.92 Å². The van der Waals surface area contributed by atoms with Gasteiger partial charge in [-0.15, -0.1) is 0 Å². The van der Waals surface area contributed by atoms with Gasteiger partial charge in [-0.25, -0.2) is 13.6 Å². The zero-order chi connectivity index (χ0) is 16.5. The van der Waals surface area contributed by atoms with Crippen molar-refractivity contribution in [2.45, 2.75) is 38.7 Å². The average molecular weight is 329 g/mol. The van der Waals surface area contributed by atoms with Crippen LogP contribution in [0.25, 0.3) is 0 Å². The third-order valence-corrected chi connectivity index (χ3v) is 3.45. The van der Waals surface area contributed by atoms with E-state index < -0.39 is 46.7 Å². The molecule has 0 aromatic rings. The Kier molecular flexibility index (Phi) is 5.20. The van der Waals surface area contributed by atoms with Crippen molar-refractivity contribution in [1.82, 2.24) is 4.90 Å². The van der Waals surface area contributed by atoms with Gasteiger partial charge >= 0.3 is 6.09 Å². The van der Waals surface area contributed by atoms with Crippen LogP contribution in [0.3, 0.4) is 0 Å². The molecule has 0 aromatic heterocycles. The second-order valence-electron chi connectivity index (χ2n) is 6.12. The highest BCUT2D eigenvalue weighted by atomic mass is 32.2. The third-order valence-electron chi connectivity index (χ3n) is 2.89. The first-order valence-corrected chi connectivity index (χ1v) is 8.32. The molecule has 1 heterocycles. The summed E-state index contributed by atoms with van der Waals surface area (Å²) in [5, 5.41) is 0. The van der Waals surface area contributed by atoms with Gasteiger partial charge in [-0.05, 0) is 20.8 Å². The van der Waals surface area contributed by atoms with E-state index in [0.29, 0.717) is 0 Å². The predicted octanol–water partition coefficient (Wildman–Crippen LogP) is 1.85. The Bertz CT molecular complexity index is 486. The summed E-state index contributed by atoms with van der Waals surface area (Å²) in [5.74, 6) is -4.46. The van der Waals surface area contributed by atoms with Crippen molar-refractivity contribution < 1.29 is 30.9 Å². The number of alkyl halides is 2. The monoisotopic (exact) mass is 329 g/mol. The summed E-state index contributed by atoms with van der Waals surface area (Å²) in [6.07, 6.45) is -0.453. The van der Waals surface area contributed by atoms with Gasteiger partial charge in [0.25, 0.3) is 16.0 Å². The van der Waals surface area contributed by atoms with Gasteiger partial charge in [0.05, 0.1) is 18.8 Å². The lowest BCUT2D eigenvalue weighted by Gasteiger charge is -2.38. The zero-order valence-corrected chi connectivity index (χ0v) is 13.4. The number of nitrogens with zero attached hydrogens (tertiary/aromatic N) is 1. The fourth-order valence-electron chi connectivity index (χ4n) is 1.85. The van der Waals surface area contributed by atoms with Crippen LogP contribution in [0.4, 0.5) is 13.6 Å². The standard InChI is InChI=1S/C12H21F2NO5S/c1-11(2,3)20-10(16)15-6-5-12(13,14)9(7-15)8-19-21(4,17)18/h9H,5-8H2,1-4H3. The molecule has 0 N–H and O–H groups in total. The van der Waals surface area contributed by atoms with Crippen LogP contribution < -0.4 is 0 Å². The summed E-state index contributed by atoms with van der Waals surface area (Å²) >= 11 is 0. The van der Waals surface area contributed by atoms with Gasteiger partial charge in [0.1, 0.15) is 5.60 Å². The molecular formula is C12H21F2NO5S. The maximum absolute atomic E-state index is 13.8. The first kappa shape index (κ1) is 18.1. The van der Waals surface area contributed by atoms with E-state index in [1.807, 2.05) is 0 Å². The van der Waals surface area contributed by atoms with E-state index in [9.17, 15) is 22.0 Å². The molecular weight excluding hydrogens is 308 g/mol. The van der Waals surface area contributed by atoms with E-state index in [1.54, 1.807) is 20.8 Å². The fraction of sp³-hybridized carbons (Fsp3) is 0.917.